The third-order valence-electron chi connectivity index (χ3n) is 4.19. The molecule has 0 atom stereocenters. The van der Waals surface area contributed by atoms with Gasteiger partial charge in [0.1, 0.15) is 18.1 Å². The summed E-state index contributed by atoms with van der Waals surface area (Å²) in [6.45, 7) is 1.84. The van der Waals surface area contributed by atoms with Crippen molar-refractivity contribution in [3.8, 4) is 5.69 Å². The molecule has 0 saturated carbocycles. The second kappa shape index (κ2) is 9.07. The SMILES string of the molecule is CCN(CC(=O)Nc1c(Cl)cccc1Cl)C(=O)c1cncn1-c1ccc(F)cc1. The summed E-state index contributed by atoms with van der Waals surface area (Å²) in [6.07, 6.45) is 2.86. The monoisotopic (exact) mass is 434 g/mol. The van der Waals surface area contributed by atoms with Crippen LogP contribution < -0.4 is 5.32 Å². The molecule has 1 aromatic heterocycles. The Bertz CT molecular complexity index is 1020. The lowest BCUT2D eigenvalue weighted by molar-refractivity contribution is -0.116. The molecule has 3 rings (SSSR count). The average molecular weight is 435 g/mol. The van der Waals surface area contributed by atoms with Crippen molar-refractivity contribution in [3.05, 3.63) is 76.5 Å². The maximum absolute atomic E-state index is 13.2. The maximum atomic E-state index is 13.2. The van der Waals surface area contributed by atoms with E-state index in [1.165, 1.54) is 46.3 Å². The minimum absolute atomic E-state index is 0.203. The van der Waals surface area contributed by atoms with E-state index in [1.54, 1.807) is 25.1 Å². The van der Waals surface area contributed by atoms with Crippen LogP contribution in [0.3, 0.4) is 0 Å². The molecule has 0 aliphatic carbocycles. The van der Waals surface area contributed by atoms with Gasteiger partial charge in [0.15, 0.2) is 0 Å². The molecule has 0 bridgehead atoms. The summed E-state index contributed by atoms with van der Waals surface area (Å²) < 4.78 is 14.7. The van der Waals surface area contributed by atoms with Gasteiger partial charge >= 0.3 is 0 Å². The Hall–Kier alpha value is -2.90. The van der Waals surface area contributed by atoms with Crippen LogP contribution >= 0.6 is 23.2 Å². The van der Waals surface area contributed by atoms with Gasteiger partial charge in [0, 0.05) is 12.2 Å². The van der Waals surface area contributed by atoms with Crippen molar-refractivity contribution in [3.63, 3.8) is 0 Å². The number of halogens is 3. The van der Waals surface area contributed by atoms with Gasteiger partial charge in [-0.15, -0.1) is 0 Å². The normalized spacial score (nSPS) is 10.6. The number of benzene rings is 2. The van der Waals surface area contributed by atoms with Crippen LogP contribution in [0, 0.1) is 5.82 Å². The van der Waals surface area contributed by atoms with E-state index in [1.807, 2.05) is 0 Å². The van der Waals surface area contributed by atoms with Gasteiger partial charge in [-0.2, -0.15) is 0 Å². The molecule has 2 aromatic carbocycles. The highest BCUT2D eigenvalue weighted by Gasteiger charge is 2.22. The topological polar surface area (TPSA) is 67.2 Å². The Balaban J connectivity index is 1.77. The summed E-state index contributed by atoms with van der Waals surface area (Å²) in [6, 6.07) is 10.5. The molecule has 29 heavy (non-hydrogen) atoms. The molecule has 6 nitrogen and oxygen atoms in total. The number of para-hydroxylation sites is 1. The second-order valence-corrected chi connectivity index (χ2v) is 6.90. The lowest BCUT2D eigenvalue weighted by Crippen LogP contribution is -2.38. The van der Waals surface area contributed by atoms with E-state index in [2.05, 4.69) is 10.3 Å². The molecule has 9 heteroatoms. The Labute approximate surface area is 176 Å². The number of imidazole rings is 1. The van der Waals surface area contributed by atoms with Gasteiger partial charge in [-0.1, -0.05) is 29.3 Å². The van der Waals surface area contributed by atoms with Gasteiger partial charge in [0.05, 0.1) is 28.3 Å². The molecule has 0 saturated heterocycles. The third kappa shape index (κ3) is 4.75. The first-order valence-electron chi connectivity index (χ1n) is 8.72. The number of nitrogens with one attached hydrogen (secondary N) is 1. The van der Waals surface area contributed by atoms with E-state index in [-0.39, 0.29) is 24.6 Å². The molecular formula is C20H17Cl2FN4O2. The zero-order valence-corrected chi connectivity index (χ0v) is 16.9. The smallest absolute Gasteiger partial charge is 0.272 e. The van der Waals surface area contributed by atoms with Crippen LogP contribution in [0.25, 0.3) is 5.69 Å². The first-order valence-corrected chi connectivity index (χ1v) is 9.47. The standard InChI is InChI=1S/C20H17Cl2FN4O2/c1-2-26(11-18(28)25-19-15(21)4-3-5-16(19)22)20(29)17-10-24-12-27(17)14-8-6-13(23)7-9-14/h3-10,12H,2,11H2,1H3,(H,25,28). The van der Waals surface area contributed by atoms with Crippen LogP contribution in [0.2, 0.25) is 10.0 Å². The first-order chi connectivity index (χ1) is 13.9. The van der Waals surface area contributed by atoms with Crippen LogP contribution in [0.1, 0.15) is 17.4 Å². The van der Waals surface area contributed by atoms with Crippen LogP contribution in [-0.4, -0.2) is 39.4 Å². The van der Waals surface area contributed by atoms with E-state index >= 15 is 0 Å². The van der Waals surface area contributed by atoms with Gasteiger partial charge in [0.2, 0.25) is 5.91 Å². The van der Waals surface area contributed by atoms with E-state index < -0.39 is 11.8 Å². The minimum atomic E-state index is -0.442. The molecular weight excluding hydrogens is 418 g/mol. The lowest BCUT2D eigenvalue weighted by atomic mass is 10.2. The highest BCUT2D eigenvalue weighted by atomic mass is 35.5. The van der Waals surface area contributed by atoms with E-state index in [4.69, 9.17) is 23.2 Å². The number of hydrogen-bond donors (Lipinski definition) is 1. The Morgan fingerprint density at radius 2 is 1.79 bits per heavy atom. The zero-order valence-electron chi connectivity index (χ0n) is 15.4. The van der Waals surface area contributed by atoms with Gasteiger partial charge in [0.25, 0.3) is 5.91 Å². The maximum Gasteiger partial charge on any atom is 0.272 e. The van der Waals surface area contributed by atoms with Crippen molar-refractivity contribution in [2.45, 2.75) is 6.92 Å². The number of rotatable bonds is 6. The summed E-state index contributed by atoms with van der Waals surface area (Å²) in [7, 11) is 0. The lowest BCUT2D eigenvalue weighted by Gasteiger charge is -2.21. The van der Waals surface area contributed by atoms with Crippen molar-refractivity contribution in [2.75, 3.05) is 18.4 Å². The molecule has 0 aliphatic heterocycles. The number of amides is 2. The Morgan fingerprint density at radius 1 is 1.14 bits per heavy atom. The minimum Gasteiger partial charge on any atom is -0.328 e. The molecule has 3 aromatic rings. The number of nitrogens with zero attached hydrogens (tertiary/aromatic N) is 3. The third-order valence-corrected chi connectivity index (χ3v) is 4.82. The molecule has 0 fully saturated rings. The highest BCUT2D eigenvalue weighted by Crippen LogP contribution is 2.29. The van der Waals surface area contributed by atoms with Crippen molar-refractivity contribution in [1.29, 1.82) is 0 Å². The Morgan fingerprint density at radius 3 is 2.41 bits per heavy atom. The van der Waals surface area contributed by atoms with Crippen LogP contribution in [0.5, 0.6) is 0 Å². The predicted octanol–water partition coefficient (Wildman–Crippen LogP) is 4.42. The zero-order chi connectivity index (χ0) is 21.0. The number of anilines is 1. The fourth-order valence-electron chi connectivity index (χ4n) is 2.72. The van der Waals surface area contributed by atoms with Crippen LogP contribution in [-0.2, 0) is 4.79 Å². The highest BCUT2D eigenvalue weighted by molar-refractivity contribution is 6.39. The second-order valence-electron chi connectivity index (χ2n) is 6.09. The number of aromatic nitrogens is 2. The largest absolute Gasteiger partial charge is 0.328 e. The van der Waals surface area contributed by atoms with Gasteiger partial charge < -0.3 is 10.2 Å². The van der Waals surface area contributed by atoms with E-state index in [9.17, 15) is 14.0 Å². The van der Waals surface area contributed by atoms with Crippen molar-refractivity contribution >= 4 is 40.7 Å². The molecule has 0 aliphatic rings. The fourth-order valence-corrected chi connectivity index (χ4v) is 3.21. The van der Waals surface area contributed by atoms with Crippen molar-refractivity contribution in [2.24, 2.45) is 0 Å². The van der Waals surface area contributed by atoms with Gasteiger partial charge in [-0.25, -0.2) is 9.37 Å². The van der Waals surface area contributed by atoms with E-state index in [0.29, 0.717) is 21.4 Å². The fraction of sp³-hybridized carbons (Fsp3) is 0.150. The number of likely N-dealkylation sites (N-methyl/N-ethyl adjacent to an activating group) is 1. The number of carbonyl (C=O) groups excluding carboxylic acids is 2. The summed E-state index contributed by atoms with van der Waals surface area (Å²) in [4.78, 5) is 30.8. The van der Waals surface area contributed by atoms with Gasteiger partial charge in [-0.05, 0) is 43.3 Å². The summed E-state index contributed by atoms with van der Waals surface area (Å²) in [5.74, 6) is -1.22. The molecule has 1 N–H and O–H groups in total. The van der Waals surface area contributed by atoms with Crippen molar-refractivity contribution < 1.29 is 14.0 Å². The summed E-state index contributed by atoms with van der Waals surface area (Å²) in [5, 5.41) is 3.24. The summed E-state index contributed by atoms with van der Waals surface area (Å²) in [5.41, 5.74) is 1.12. The predicted molar refractivity (Wildman–Crippen MR) is 110 cm³/mol. The van der Waals surface area contributed by atoms with Crippen LogP contribution in [0.4, 0.5) is 10.1 Å². The average Bonchev–Trinajstić information content (AvgIpc) is 3.19. The van der Waals surface area contributed by atoms with Crippen LogP contribution in [0.15, 0.2) is 55.0 Å². The molecule has 1 heterocycles. The first kappa shape index (κ1) is 20.8. The molecule has 0 unspecified atom stereocenters. The Kier molecular flexibility index (Phi) is 6.51. The van der Waals surface area contributed by atoms with Gasteiger partial charge in [-0.3, -0.25) is 14.2 Å². The number of carbonyl (C=O) groups is 2. The molecule has 0 radical (unpaired) electrons. The van der Waals surface area contributed by atoms with E-state index in [0.717, 1.165) is 0 Å². The quantitative estimate of drug-likeness (QED) is 0.624. The molecule has 150 valence electrons. The number of hydrogen-bond acceptors (Lipinski definition) is 3. The van der Waals surface area contributed by atoms with Crippen molar-refractivity contribution in [1.82, 2.24) is 14.5 Å². The summed E-state index contributed by atoms with van der Waals surface area (Å²) >= 11 is 12.1. The molecule has 0 spiro atoms. The molecule has 2 amide bonds.